The van der Waals surface area contributed by atoms with E-state index in [1.54, 1.807) is 34.5 Å². The number of halogens is 1. The zero-order valence-corrected chi connectivity index (χ0v) is 14.4. The Kier molecular flexibility index (Phi) is 4.67. The number of nitrogens with zero attached hydrogens (tertiary/aromatic N) is 3. The van der Waals surface area contributed by atoms with E-state index >= 15 is 0 Å². The fourth-order valence-electron chi connectivity index (χ4n) is 2.35. The SMILES string of the molecule is O=C(c1ccc(Cl)nc1)N1CCN(S(=O)(=O)c2cccs2)CC1. The summed E-state index contributed by atoms with van der Waals surface area (Å²) in [5, 5.41) is 2.06. The molecule has 1 aliphatic rings. The van der Waals surface area contributed by atoms with Crippen molar-refractivity contribution in [3.63, 3.8) is 0 Å². The lowest BCUT2D eigenvalue weighted by Gasteiger charge is -2.33. The quantitative estimate of drug-likeness (QED) is 0.773. The lowest BCUT2D eigenvalue weighted by atomic mass is 10.2. The van der Waals surface area contributed by atoms with Crippen molar-refractivity contribution in [1.82, 2.24) is 14.2 Å². The summed E-state index contributed by atoms with van der Waals surface area (Å²) in [4.78, 5) is 17.9. The molecule has 122 valence electrons. The predicted octanol–water partition coefficient (Wildman–Crippen LogP) is 1.94. The standard InChI is InChI=1S/C14H14ClN3O3S2/c15-12-4-3-11(10-16-12)14(19)17-5-7-18(8-6-17)23(20,21)13-2-1-9-22-13/h1-4,9-10H,5-8H2. The van der Waals surface area contributed by atoms with E-state index in [0.29, 0.717) is 28.0 Å². The van der Waals surface area contributed by atoms with Crippen LogP contribution in [0.25, 0.3) is 0 Å². The number of piperazine rings is 1. The van der Waals surface area contributed by atoms with E-state index in [1.165, 1.54) is 21.8 Å². The van der Waals surface area contributed by atoms with E-state index in [1.807, 2.05) is 0 Å². The highest BCUT2D eigenvalue weighted by atomic mass is 35.5. The number of hydrogen-bond donors (Lipinski definition) is 0. The van der Waals surface area contributed by atoms with Crippen LogP contribution in [-0.4, -0.2) is 54.7 Å². The molecule has 23 heavy (non-hydrogen) atoms. The largest absolute Gasteiger partial charge is 0.336 e. The highest BCUT2D eigenvalue weighted by molar-refractivity contribution is 7.91. The molecule has 1 saturated heterocycles. The zero-order valence-electron chi connectivity index (χ0n) is 12.1. The molecule has 1 amide bonds. The Bertz CT molecular complexity index is 783. The molecule has 2 aromatic rings. The smallest absolute Gasteiger partial charge is 0.255 e. The molecule has 0 aliphatic carbocycles. The van der Waals surface area contributed by atoms with Crippen molar-refractivity contribution >= 4 is 38.9 Å². The first-order valence-corrected chi connectivity index (χ1v) is 9.63. The van der Waals surface area contributed by atoms with E-state index < -0.39 is 10.0 Å². The number of amides is 1. The van der Waals surface area contributed by atoms with E-state index in [2.05, 4.69) is 4.98 Å². The third-order valence-corrected chi connectivity index (χ3v) is 7.08. The van der Waals surface area contributed by atoms with E-state index in [4.69, 9.17) is 11.6 Å². The van der Waals surface area contributed by atoms with Crippen molar-refractivity contribution in [2.45, 2.75) is 4.21 Å². The van der Waals surface area contributed by atoms with Crippen LogP contribution in [0.15, 0.2) is 40.1 Å². The zero-order chi connectivity index (χ0) is 16.4. The molecule has 0 N–H and O–H groups in total. The van der Waals surface area contributed by atoms with Crippen LogP contribution in [0.5, 0.6) is 0 Å². The maximum Gasteiger partial charge on any atom is 0.255 e. The van der Waals surface area contributed by atoms with Gasteiger partial charge < -0.3 is 4.90 Å². The van der Waals surface area contributed by atoms with Gasteiger partial charge in [-0.3, -0.25) is 4.79 Å². The van der Waals surface area contributed by atoms with Gasteiger partial charge in [0.1, 0.15) is 9.36 Å². The average Bonchev–Trinajstić information content (AvgIpc) is 3.10. The first kappa shape index (κ1) is 16.4. The summed E-state index contributed by atoms with van der Waals surface area (Å²) in [6, 6.07) is 6.49. The number of rotatable bonds is 3. The van der Waals surface area contributed by atoms with Crippen LogP contribution in [0.1, 0.15) is 10.4 Å². The lowest BCUT2D eigenvalue weighted by Crippen LogP contribution is -2.50. The van der Waals surface area contributed by atoms with Gasteiger partial charge >= 0.3 is 0 Å². The summed E-state index contributed by atoms with van der Waals surface area (Å²) < 4.78 is 26.6. The Morgan fingerprint density at radius 2 is 1.91 bits per heavy atom. The first-order chi connectivity index (χ1) is 11.0. The molecule has 6 nitrogen and oxygen atoms in total. The van der Waals surface area contributed by atoms with Crippen molar-refractivity contribution in [2.24, 2.45) is 0 Å². The molecule has 1 aliphatic heterocycles. The summed E-state index contributed by atoms with van der Waals surface area (Å²) in [5.74, 6) is -0.165. The third-order valence-electron chi connectivity index (χ3n) is 3.59. The summed E-state index contributed by atoms with van der Waals surface area (Å²) in [7, 11) is -3.45. The van der Waals surface area contributed by atoms with Gasteiger partial charge in [0.15, 0.2) is 0 Å². The summed E-state index contributed by atoms with van der Waals surface area (Å²) in [6.45, 7) is 1.28. The number of hydrogen-bond acceptors (Lipinski definition) is 5. The number of carbonyl (C=O) groups is 1. The van der Waals surface area contributed by atoms with E-state index in [9.17, 15) is 13.2 Å². The molecular weight excluding hydrogens is 358 g/mol. The van der Waals surface area contributed by atoms with Gasteiger partial charge in [-0.05, 0) is 23.6 Å². The Balaban J connectivity index is 1.67. The molecule has 0 aromatic carbocycles. The first-order valence-electron chi connectivity index (χ1n) is 6.93. The van der Waals surface area contributed by atoms with Gasteiger partial charge in [-0.25, -0.2) is 13.4 Å². The van der Waals surface area contributed by atoms with Crippen molar-refractivity contribution < 1.29 is 13.2 Å². The van der Waals surface area contributed by atoms with Crippen molar-refractivity contribution in [1.29, 1.82) is 0 Å². The molecule has 0 atom stereocenters. The highest BCUT2D eigenvalue weighted by Crippen LogP contribution is 2.22. The fraction of sp³-hybridized carbons (Fsp3) is 0.286. The second-order valence-corrected chi connectivity index (χ2v) is 8.50. The number of sulfonamides is 1. The minimum Gasteiger partial charge on any atom is -0.336 e. The van der Waals surface area contributed by atoms with Crippen molar-refractivity contribution in [3.05, 3.63) is 46.6 Å². The van der Waals surface area contributed by atoms with Crippen LogP contribution in [0.2, 0.25) is 5.15 Å². The highest BCUT2D eigenvalue weighted by Gasteiger charge is 2.30. The maximum atomic E-state index is 12.4. The van der Waals surface area contributed by atoms with Crippen molar-refractivity contribution in [2.75, 3.05) is 26.2 Å². The molecule has 0 radical (unpaired) electrons. The Morgan fingerprint density at radius 3 is 2.48 bits per heavy atom. The second-order valence-electron chi connectivity index (χ2n) is 5.00. The molecule has 0 bridgehead atoms. The predicted molar refractivity (Wildman–Crippen MR) is 88.2 cm³/mol. The number of pyridine rings is 1. The average molecular weight is 372 g/mol. The topological polar surface area (TPSA) is 70.6 Å². The van der Waals surface area contributed by atoms with Crippen molar-refractivity contribution in [3.8, 4) is 0 Å². The summed E-state index contributed by atoms with van der Waals surface area (Å²) >= 11 is 6.91. The van der Waals surface area contributed by atoms with Gasteiger partial charge in [-0.2, -0.15) is 4.31 Å². The van der Waals surface area contributed by atoms with E-state index in [-0.39, 0.29) is 19.0 Å². The monoisotopic (exact) mass is 371 g/mol. The van der Waals surface area contributed by atoms with Crippen LogP contribution in [0.3, 0.4) is 0 Å². The van der Waals surface area contributed by atoms with Crippen LogP contribution in [-0.2, 0) is 10.0 Å². The fourth-order valence-corrected chi connectivity index (χ4v) is 5.03. The maximum absolute atomic E-state index is 12.4. The van der Waals surface area contributed by atoms with Gasteiger partial charge in [0.2, 0.25) is 0 Å². The number of thiophene rings is 1. The molecule has 3 heterocycles. The normalized spacial score (nSPS) is 16.5. The van der Waals surface area contributed by atoms with Crippen LogP contribution >= 0.6 is 22.9 Å². The third kappa shape index (κ3) is 3.40. The Hall–Kier alpha value is -1.48. The summed E-state index contributed by atoms with van der Waals surface area (Å²) in [6.07, 6.45) is 1.43. The molecular formula is C14H14ClN3O3S2. The second kappa shape index (κ2) is 6.56. The molecule has 9 heteroatoms. The minimum atomic E-state index is -3.45. The molecule has 1 fully saturated rings. The van der Waals surface area contributed by atoms with Crippen LogP contribution in [0.4, 0.5) is 0 Å². The van der Waals surface area contributed by atoms with Gasteiger partial charge in [-0.1, -0.05) is 17.7 Å². The van der Waals surface area contributed by atoms with Crippen LogP contribution in [0, 0.1) is 0 Å². The van der Waals surface area contributed by atoms with E-state index in [0.717, 1.165) is 0 Å². The Labute approximate surface area is 143 Å². The minimum absolute atomic E-state index is 0.165. The van der Waals surface area contributed by atoms with Crippen LogP contribution < -0.4 is 0 Å². The molecule has 3 rings (SSSR count). The van der Waals surface area contributed by atoms with Gasteiger partial charge in [0, 0.05) is 32.4 Å². The van der Waals surface area contributed by atoms with Gasteiger partial charge in [0.25, 0.3) is 15.9 Å². The molecule has 0 spiro atoms. The number of carbonyl (C=O) groups excluding carboxylic acids is 1. The van der Waals surface area contributed by atoms with Gasteiger partial charge in [0.05, 0.1) is 5.56 Å². The Morgan fingerprint density at radius 1 is 1.17 bits per heavy atom. The lowest BCUT2D eigenvalue weighted by molar-refractivity contribution is 0.0697. The summed E-state index contributed by atoms with van der Waals surface area (Å²) in [5.41, 5.74) is 0.448. The number of aromatic nitrogens is 1. The molecule has 0 unspecified atom stereocenters. The molecule has 2 aromatic heterocycles. The van der Waals surface area contributed by atoms with Gasteiger partial charge in [-0.15, -0.1) is 11.3 Å². The molecule has 0 saturated carbocycles.